The lowest BCUT2D eigenvalue weighted by Gasteiger charge is -2.33. The highest BCUT2D eigenvalue weighted by molar-refractivity contribution is 7.80. The maximum Gasteiger partial charge on any atom is 0.100 e. The molecule has 0 rings (SSSR count). The molecular weight excluding hydrogens is 231 g/mol. The van der Waals surface area contributed by atoms with Gasteiger partial charge in [-0.25, -0.2) is 4.39 Å². The zero-order chi connectivity index (χ0) is 13.9. The third kappa shape index (κ3) is 8.93. The van der Waals surface area contributed by atoms with Gasteiger partial charge in [-0.1, -0.05) is 48.0 Å². The Morgan fingerprint density at radius 2 is 1.71 bits per heavy atom. The van der Waals surface area contributed by atoms with Gasteiger partial charge in [-0.3, -0.25) is 0 Å². The summed E-state index contributed by atoms with van der Waals surface area (Å²) >= 11 is 4.43. The van der Waals surface area contributed by atoms with E-state index in [9.17, 15) is 4.39 Å². The Morgan fingerprint density at radius 3 is 2.00 bits per heavy atom. The summed E-state index contributed by atoms with van der Waals surface area (Å²) in [5.41, 5.74) is 0.128. The van der Waals surface area contributed by atoms with Gasteiger partial charge < -0.3 is 0 Å². The van der Waals surface area contributed by atoms with Gasteiger partial charge in [-0.05, 0) is 42.8 Å². The Labute approximate surface area is 114 Å². The van der Waals surface area contributed by atoms with Crippen molar-refractivity contribution in [1.82, 2.24) is 0 Å². The predicted octanol–water partition coefficient (Wildman–Crippen LogP) is 5.91. The first-order valence-electron chi connectivity index (χ1n) is 7.24. The first kappa shape index (κ1) is 19.6. The third-order valence-electron chi connectivity index (χ3n) is 3.43. The van der Waals surface area contributed by atoms with Crippen LogP contribution in [0.5, 0.6) is 0 Å². The van der Waals surface area contributed by atoms with Crippen molar-refractivity contribution in [1.29, 1.82) is 0 Å². The number of hydrogen-bond donors (Lipinski definition) is 1. The summed E-state index contributed by atoms with van der Waals surface area (Å²) < 4.78 is 13.5. The zero-order valence-corrected chi connectivity index (χ0v) is 13.6. The van der Waals surface area contributed by atoms with Gasteiger partial charge in [0, 0.05) is 0 Å². The second kappa shape index (κ2) is 11.4. The monoisotopic (exact) mass is 264 g/mol. The first-order valence-corrected chi connectivity index (χ1v) is 7.87. The van der Waals surface area contributed by atoms with Crippen LogP contribution in [0.3, 0.4) is 0 Å². The lowest BCUT2D eigenvalue weighted by molar-refractivity contribution is 0.166. The van der Waals surface area contributed by atoms with E-state index in [1.165, 1.54) is 6.42 Å². The van der Waals surface area contributed by atoms with Crippen LogP contribution in [0, 0.1) is 11.3 Å². The number of alkyl halides is 1. The van der Waals surface area contributed by atoms with Crippen molar-refractivity contribution in [3.8, 4) is 0 Å². The highest BCUT2D eigenvalue weighted by Crippen LogP contribution is 2.37. The average molecular weight is 264 g/mol. The molecule has 0 heterocycles. The Balaban J connectivity index is 0. The van der Waals surface area contributed by atoms with Crippen LogP contribution in [-0.2, 0) is 0 Å². The van der Waals surface area contributed by atoms with Crippen molar-refractivity contribution >= 4 is 12.6 Å². The largest absolute Gasteiger partial charge is 0.247 e. The molecule has 0 amide bonds. The fourth-order valence-electron chi connectivity index (χ4n) is 1.89. The van der Waals surface area contributed by atoms with Gasteiger partial charge >= 0.3 is 0 Å². The maximum absolute atomic E-state index is 13.5. The van der Waals surface area contributed by atoms with Crippen LogP contribution in [-0.4, -0.2) is 11.9 Å². The topological polar surface area (TPSA) is 0 Å². The molecule has 0 bridgehead atoms. The summed E-state index contributed by atoms with van der Waals surface area (Å²) in [6, 6.07) is 0. The zero-order valence-electron chi connectivity index (χ0n) is 12.7. The molecule has 0 aromatic carbocycles. The second-order valence-corrected chi connectivity index (χ2v) is 5.47. The van der Waals surface area contributed by atoms with Crippen molar-refractivity contribution in [2.24, 2.45) is 11.3 Å². The van der Waals surface area contributed by atoms with Gasteiger partial charge in [0.1, 0.15) is 6.17 Å². The molecule has 0 radical (unpaired) electrons. The maximum atomic E-state index is 13.5. The van der Waals surface area contributed by atoms with Gasteiger partial charge in [0.2, 0.25) is 0 Å². The molecule has 106 valence electrons. The smallest absolute Gasteiger partial charge is 0.100 e. The first-order chi connectivity index (χ1) is 7.99. The van der Waals surface area contributed by atoms with Gasteiger partial charge in [0.15, 0.2) is 0 Å². The van der Waals surface area contributed by atoms with E-state index in [1.54, 1.807) is 0 Å². The molecule has 2 unspecified atom stereocenters. The van der Waals surface area contributed by atoms with Crippen LogP contribution < -0.4 is 0 Å². The van der Waals surface area contributed by atoms with Crippen molar-refractivity contribution < 1.29 is 4.39 Å². The van der Waals surface area contributed by atoms with E-state index in [-0.39, 0.29) is 5.41 Å². The van der Waals surface area contributed by atoms with Crippen molar-refractivity contribution in [3.05, 3.63) is 0 Å². The molecule has 2 heteroatoms. The van der Waals surface area contributed by atoms with Crippen molar-refractivity contribution in [2.75, 3.05) is 5.75 Å². The highest BCUT2D eigenvalue weighted by atomic mass is 32.1. The molecule has 0 nitrogen and oxygen atoms in total. The Bertz CT molecular complexity index is 153. The molecule has 0 aliphatic carbocycles. The van der Waals surface area contributed by atoms with Crippen LogP contribution in [0.15, 0.2) is 0 Å². The summed E-state index contributed by atoms with van der Waals surface area (Å²) in [5, 5.41) is 0. The quantitative estimate of drug-likeness (QED) is 0.517. The van der Waals surface area contributed by atoms with E-state index < -0.39 is 6.17 Å². The van der Waals surface area contributed by atoms with Crippen molar-refractivity contribution in [3.63, 3.8) is 0 Å². The lowest BCUT2D eigenvalue weighted by Crippen LogP contribution is -2.27. The van der Waals surface area contributed by atoms with E-state index in [4.69, 9.17) is 0 Å². The predicted molar refractivity (Wildman–Crippen MR) is 81.8 cm³/mol. The Kier molecular flexibility index (Phi) is 13.1. The van der Waals surface area contributed by atoms with E-state index in [2.05, 4.69) is 33.4 Å². The number of thiol groups is 1. The van der Waals surface area contributed by atoms with Crippen LogP contribution >= 0.6 is 12.6 Å². The minimum Gasteiger partial charge on any atom is -0.247 e. The van der Waals surface area contributed by atoms with Gasteiger partial charge in [0.05, 0.1) is 0 Å². The van der Waals surface area contributed by atoms with Crippen LogP contribution in [0.4, 0.5) is 4.39 Å². The number of rotatable bonds is 8. The van der Waals surface area contributed by atoms with Crippen LogP contribution in [0.1, 0.15) is 73.6 Å². The number of hydrogen-bond acceptors (Lipinski definition) is 1. The molecule has 0 saturated heterocycles. The molecule has 0 aromatic heterocycles. The molecule has 0 saturated carbocycles. The lowest BCUT2D eigenvalue weighted by atomic mass is 9.76. The van der Waals surface area contributed by atoms with Crippen LogP contribution in [0.2, 0.25) is 0 Å². The van der Waals surface area contributed by atoms with E-state index >= 15 is 0 Å². The Morgan fingerprint density at radius 1 is 1.18 bits per heavy atom. The minimum atomic E-state index is -0.649. The normalized spacial score (nSPS) is 16.1. The molecule has 0 N–H and O–H groups in total. The van der Waals surface area contributed by atoms with Crippen LogP contribution in [0.25, 0.3) is 0 Å². The van der Waals surface area contributed by atoms with E-state index in [0.717, 1.165) is 18.6 Å². The molecular formula is C15H33FS. The standard InChI is InChI=1S/C13H27FS.C2H6/c1-5-12(14)9-13(6-2,10-15)8-7-11(3)4;1-2/h11-12,15H,5-10H2,1-4H3;1-2H3. The molecule has 0 fully saturated rings. The second-order valence-electron chi connectivity index (χ2n) is 5.15. The summed E-state index contributed by atoms with van der Waals surface area (Å²) in [4.78, 5) is 0. The van der Waals surface area contributed by atoms with E-state index in [1.807, 2.05) is 20.8 Å². The van der Waals surface area contributed by atoms with Gasteiger partial charge in [-0.15, -0.1) is 0 Å². The average Bonchev–Trinajstić information content (AvgIpc) is 2.36. The summed E-state index contributed by atoms with van der Waals surface area (Å²) in [7, 11) is 0. The fourth-order valence-corrected chi connectivity index (χ4v) is 2.40. The Hall–Kier alpha value is 0.280. The molecule has 0 spiro atoms. The fraction of sp³-hybridized carbons (Fsp3) is 1.00. The molecule has 0 aliphatic heterocycles. The molecule has 17 heavy (non-hydrogen) atoms. The summed E-state index contributed by atoms with van der Waals surface area (Å²) in [5.74, 6) is 1.52. The summed E-state index contributed by atoms with van der Waals surface area (Å²) in [6.45, 7) is 12.5. The van der Waals surface area contributed by atoms with Crippen molar-refractivity contribution in [2.45, 2.75) is 79.8 Å². The van der Waals surface area contributed by atoms with Gasteiger partial charge in [-0.2, -0.15) is 12.6 Å². The van der Waals surface area contributed by atoms with E-state index in [0.29, 0.717) is 18.8 Å². The molecule has 0 aromatic rings. The third-order valence-corrected chi connectivity index (χ3v) is 4.11. The number of halogens is 1. The molecule has 2 atom stereocenters. The minimum absolute atomic E-state index is 0.128. The highest BCUT2D eigenvalue weighted by Gasteiger charge is 2.29. The van der Waals surface area contributed by atoms with Gasteiger partial charge in [0.25, 0.3) is 0 Å². The summed E-state index contributed by atoms with van der Waals surface area (Å²) in [6.07, 6.45) is 4.02. The molecule has 0 aliphatic rings. The SMILES string of the molecule is CC.CCC(F)CC(CC)(CS)CCC(C)C.